The minimum absolute atomic E-state index is 0.867. The highest BCUT2D eigenvalue weighted by atomic mass is 15.2. The molecule has 1 atom stereocenters. The minimum atomic E-state index is 0.867. The van der Waals surface area contributed by atoms with E-state index in [9.17, 15) is 0 Å². The monoisotopic (exact) mass is 225 g/mol. The van der Waals surface area contributed by atoms with E-state index >= 15 is 0 Å². The van der Waals surface area contributed by atoms with Crippen molar-refractivity contribution in [3.05, 3.63) is 0 Å². The molecule has 16 heavy (non-hydrogen) atoms. The van der Waals surface area contributed by atoms with Gasteiger partial charge in [0.25, 0.3) is 0 Å². The van der Waals surface area contributed by atoms with Crippen molar-refractivity contribution in [1.29, 1.82) is 0 Å². The first-order valence-corrected chi connectivity index (χ1v) is 6.85. The van der Waals surface area contributed by atoms with Gasteiger partial charge in [0.15, 0.2) is 0 Å². The van der Waals surface area contributed by atoms with E-state index < -0.39 is 0 Å². The number of piperidine rings is 2. The van der Waals surface area contributed by atoms with Gasteiger partial charge in [0.05, 0.1) is 0 Å². The van der Waals surface area contributed by atoms with Gasteiger partial charge in [-0.05, 0) is 65.3 Å². The van der Waals surface area contributed by atoms with Crippen molar-refractivity contribution in [3.8, 4) is 0 Å². The van der Waals surface area contributed by atoms with Crippen LogP contribution in [0.5, 0.6) is 0 Å². The van der Waals surface area contributed by atoms with Crippen LogP contribution in [0.2, 0.25) is 0 Å². The molecule has 2 heterocycles. The van der Waals surface area contributed by atoms with E-state index in [-0.39, 0.29) is 0 Å². The van der Waals surface area contributed by atoms with E-state index in [1.54, 1.807) is 0 Å². The van der Waals surface area contributed by atoms with E-state index in [0.717, 1.165) is 12.0 Å². The predicted molar refractivity (Wildman–Crippen MR) is 68.7 cm³/mol. The molecule has 2 aliphatic heterocycles. The summed E-state index contributed by atoms with van der Waals surface area (Å²) in [7, 11) is 4.40. The van der Waals surface area contributed by atoms with E-state index in [0.29, 0.717) is 0 Å². The SMILES string of the molecule is CN(C)CC1CCCN(C2CCNCC2)C1. The number of nitrogens with one attached hydrogen (secondary N) is 1. The molecule has 0 aliphatic carbocycles. The molecule has 0 aromatic carbocycles. The van der Waals surface area contributed by atoms with Gasteiger partial charge in [0.1, 0.15) is 0 Å². The van der Waals surface area contributed by atoms with Crippen molar-refractivity contribution in [3.63, 3.8) is 0 Å². The van der Waals surface area contributed by atoms with Crippen LogP contribution < -0.4 is 5.32 Å². The maximum Gasteiger partial charge on any atom is 0.0119 e. The molecular weight excluding hydrogens is 198 g/mol. The summed E-state index contributed by atoms with van der Waals surface area (Å²) in [5.41, 5.74) is 0. The molecule has 1 N–H and O–H groups in total. The third-order valence-corrected chi connectivity index (χ3v) is 4.00. The number of rotatable bonds is 3. The van der Waals surface area contributed by atoms with Crippen LogP contribution in [0, 0.1) is 5.92 Å². The number of nitrogens with zero attached hydrogens (tertiary/aromatic N) is 2. The van der Waals surface area contributed by atoms with Crippen molar-refractivity contribution in [2.75, 3.05) is 46.8 Å². The second kappa shape index (κ2) is 5.99. The summed E-state index contributed by atoms with van der Waals surface area (Å²) >= 11 is 0. The Kier molecular flexibility index (Phi) is 4.62. The number of hydrogen-bond acceptors (Lipinski definition) is 3. The van der Waals surface area contributed by atoms with Gasteiger partial charge in [-0.3, -0.25) is 4.90 Å². The molecule has 1 unspecified atom stereocenters. The Balaban J connectivity index is 1.80. The fourth-order valence-electron chi connectivity index (χ4n) is 3.27. The molecule has 0 saturated carbocycles. The van der Waals surface area contributed by atoms with Gasteiger partial charge in [-0.1, -0.05) is 0 Å². The van der Waals surface area contributed by atoms with Gasteiger partial charge >= 0.3 is 0 Å². The molecule has 3 heteroatoms. The zero-order valence-corrected chi connectivity index (χ0v) is 10.9. The molecule has 94 valence electrons. The quantitative estimate of drug-likeness (QED) is 0.773. The predicted octanol–water partition coefficient (Wildman–Crippen LogP) is 1.01. The van der Waals surface area contributed by atoms with Crippen molar-refractivity contribution in [1.82, 2.24) is 15.1 Å². The lowest BCUT2D eigenvalue weighted by Crippen LogP contribution is -2.48. The molecule has 0 radical (unpaired) electrons. The van der Waals surface area contributed by atoms with Crippen LogP contribution in [-0.2, 0) is 0 Å². The average Bonchev–Trinajstić information content (AvgIpc) is 2.30. The third-order valence-electron chi connectivity index (χ3n) is 4.00. The average molecular weight is 225 g/mol. The van der Waals surface area contributed by atoms with Gasteiger partial charge < -0.3 is 10.2 Å². The molecule has 2 aliphatic rings. The zero-order valence-electron chi connectivity index (χ0n) is 10.9. The molecule has 2 fully saturated rings. The van der Waals surface area contributed by atoms with Crippen LogP contribution in [-0.4, -0.2) is 62.7 Å². The Morgan fingerprint density at radius 3 is 2.62 bits per heavy atom. The Morgan fingerprint density at radius 1 is 1.19 bits per heavy atom. The van der Waals surface area contributed by atoms with Crippen molar-refractivity contribution < 1.29 is 0 Å². The van der Waals surface area contributed by atoms with Gasteiger partial charge in [-0.2, -0.15) is 0 Å². The topological polar surface area (TPSA) is 18.5 Å². The van der Waals surface area contributed by atoms with Crippen LogP contribution in [0.15, 0.2) is 0 Å². The summed E-state index contributed by atoms with van der Waals surface area (Å²) < 4.78 is 0. The molecule has 0 spiro atoms. The summed E-state index contributed by atoms with van der Waals surface area (Å²) in [6, 6.07) is 0.867. The van der Waals surface area contributed by atoms with Crippen LogP contribution >= 0.6 is 0 Å². The molecule has 0 aromatic heterocycles. The Morgan fingerprint density at radius 2 is 1.94 bits per heavy atom. The highest BCUT2D eigenvalue weighted by Gasteiger charge is 2.26. The Hall–Kier alpha value is -0.120. The van der Waals surface area contributed by atoms with Crippen molar-refractivity contribution >= 4 is 0 Å². The van der Waals surface area contributed by atoms with E-state index in [1.165, 1.54) is 58.4 Å². The van der Waals surface area contributed by atoms with Crippen LogP contribution in [0.4, 0.5) is 0 Å². The summed E-state index contributed by atoms with van der Waals surface area (Å²) in [6.45, 7) is 6.39. The van der Waals surface area contributed by atoms with Gasteiger partial charge in [0.2, 0.25) is 0 Å². The normalized spacial score (nSPS) is 29.8. The number of hydrogen-bond donors (Lipinski definition) is 1. The molecule has 3 nitrogen and oxygen atoms in total. The first-order chi connectivity index (χ1) is 7.75. The third kappa shape index (κ3) is 3.44. The van der Waals surface area contributed by atoms with E-state index in [1.807, 2.05) is 0 Å². The minimum Gasteiger partial charge on any atom is -0.317 e. The van der Waals surface area contributed by atoms with Crippen molar-refractivity contribution in [2.24, 2.45) is 5.92 Å². The second-order valence-corrected chi connectivity index (χ2v) is 5.75. The summed E-state index contributed by atoms with van der Waals surface area (Å²) in [5, 5.41) is 3.46. The fraction of sp³-hybridized carbons (Fsp3) is 1.00. The van der Waals surface area contributed by atoms with Crippen LogP contribution in [0.3, 0.4) is 0 Å². The molecule has 2 rings (SSSR count). The largest absolute Gasteiger partial charge is 0.317 e. The first-order valence-electron chi connectivity index (χ1n) is 6.85. The van der Waals surface area contributed by atoms with Gasteiger partial charge in [-0.25, -0.2) is 0 Å². The Labute approximate surface area is 100 Å². The molecule has 0 amide bonds. The summed E-state index contributed by atoms with van der Waals surface area (Å²) in [4.78, 5) is 5.11. The highest BCUT2D eigenvalue weighted by Crippen LogP contribution is 2.22. The maximum absolute atomic E-state index is 3.46. The Bertz CT molecular complexity index is 199. The fourth-order valence-corrected chi connectivity index (χ4v) is 3.27. The lowest BCUT2D eigenvalue weighted by Gasteiger charge is -2.40. The first kappa shape index (κ1) is 12.3. The van der Waals surface area contributed by atoms with Gasteiger partial charge in [-0.15, -0.1) is 0 Å². The molecular formula is C13H27N3. The van der Waals surface area contributed by atoms with Gasteiger partial charge in [0, 0.05) is 19.1 Å². The highest BCUT2D eigenvalue weighted by molar-refractivity contribution is 4.83. The molecule has 2 saturated heterocycles. The van der Waals surface area contributed by atoms with E-state index in [2.05, 4.69) is 29.2 Å². The lowest BCUT2D eigenvalue weighted by molar-refractivity contribution is 0.0916. The smallest absolute Gasteiger partial charge is 0.0119 e. The number of likely N-dealkylation sites (tertiary alicyclic amines) is 1. The maximum atomic E-state index is 3.46. The van der Waals surface area contributed by atoms with Crippen LogP contribution in [0.1, 0.15) is 25.7 Å². The zero-order chi connectivity index (χ0) is 11.4. The van der Waals surface area contributed by atoms with Crippen LogP contribution in [0.25, 0.3) is 0 Å². The second-order valence-electron chi connectivity index (χ2n) is 5.75. The van der Waals surface area contributed by atoms with E-state index in [4.69, 9.17) is 0 Å². The molecule has 0 bridgehead atoms. The standard InChI is InChI=1S/C13H27N3/c1-15(2)10-12-4-3-9-16(11-12)13-5-7-14-8-6-13/h12-14H,3-11H2,1-2H3. The molecule has 0 aromatic rings. The lowest BCUT2D eigenvalue weighted by atomic mass is 9.94. The summed E-state index contributed by atoms with van der Waals surface area (Å²) in [5.74, 6) is 0.902. The van der Waals surface area contributed by atoms with Crippen molar-refractivity contribution in [2.45, 2.75) is 31.7 Å². The summed E-state index contributed by atoms with van der Waals surface area (Å²) in [6.07, 6.45) is 5.55.